The van der Waals surface area contributed by atoms with E-state index < -0.39 is 0 Å². The lowest BCUT2D eigenvalue weighted by Crippen LogP contribution is -2.13. The Hall–Kier alpha value is -1.81. The Morgan fingerprint density at radius 2 is 1.92 bits per heavy atom. The summed E-state index contributed by atoms with van der Waals surface area (Å²) in [4.78, 5) is 12.4. The highest BCUT2D eigenvalue weighted by atomic mass is 79.9. The first-order valence-corrected chi connectivity index (χ1v) is 8.70. The molecule has 0 spiro atoms. The molecule has 0 bridgehead atoms. The number of rotatable bonds is 5. The Morgan fingerprint density at radius 1 is 1.21 bits per heavy atom. The third-order valence-electron chi connectivity index (χ3n) is 3.66. The molecule has 0 saturated carbocycles. The van der Waals surface area contributed by atoms with Gasteiger partial charge in [-0.3, -0.25) is 4.79 Å². The molecule has 0 aliphatic heterocycles. The quantitative estimate of drug-likeness (QED) is 0.669. The fourth-order valence-corrected chi connectivity index (χ4v) is 2.87. The van der Waals surface area contributed by atoms with Crippen LogP contribution in [-0.4, -0.2) is 10.9 Å². The maximum atomic E-state index is 12.4. The van der Waals surface area contributed by atoms with Gasteiger partial charge < -0.3 is 9.84 Å². The Kier molecular flexibility index (Phi) is 5.70. The van der Waals surface area contributed by atoms with Crippen molar-refractivity contribution >= 4 is 21.7 Å². The highest BCUT2D eigenvalue weighted by Gasteiger charge is 2.21. The van der Waals surface area contributed by atoms with E-state index in [9.17, 15) is 9.90 Å². The maximum absolute atomic E-state index is 12.4. The zero-order valence-electron chi connectivity index (χ0n) is 14.5. The summed E-state index contributed by atoms with van der Waals surface area (Å²) >= 11 is 3.43. The van der Waals surface area contributed by atoms with Gasteiger partial charge >= 0.3 is 0 Å². The molecule has 0 radical (unpaired) electrons. The number of hydrogen-bond acceptors (Lipinski definition) is 3. The summed E-state index contributed by atoms with van der Waals surface area (Å²) in [6.07, 6.45) is 0.387. The van der Waals surface area contributed by atoms with Crippen LogP contribution in [0.25, 0.3) is 0 Å². The van der Waals surface area contributed by atoms with Gasteiger partial charge in [0.15, 0.2) is 5.78 Å². The van der Waals surface area contributed by atoms with E-state index in [0.717, 1.165) is 10.0 Å². The van der Waals surface area contributed by atoms with Gasteiger partial charge in [-0.2, -0.15) is 0 Å². The monoisotopic (exact) mass is 390 g/mol. The van der Waals surface area contributed by atoms with Crippen molar-refractivity contribution in [2.75, 3.05) is 0 Å². The number of phenols is 1. The molecule has 24 heavy (non-hydrogen) atoms. The van der Waals surface area contributed by atoms with Crippen molar-refractivity contribution < 1.29 is 14.6 Å². The van der Waals surface area contributed by atoms with Gasteiger partial charge in [0.1, 0.15) is 18.1 Å². The molecule has 0 fully saturated rings. The second kappa shape index (κ2) is 7.39. The van der Waals surface area contributed by atoms with Crippen LogP contribution in [0, 0.1) is 12.3 Å². The van der Waals surface area contributed by atoms with E-state index in [4.69, 9.17) is 4.74 Å². The van der Waals surface area contributed by atoms with Gasteiger partial charge in [0.05, 0.1) is 5.56 Å². The Labute approximate surface area is 151 Å². The van der Waals surface area contributed by atoms with Gasteiger partial charge in [0.2, 0.25) is 0 Å². The molecule has 4 heteroatoms. The molecule has 2 rings (SSSR count). The third-order valence-corrected chi connectivity index (χ3v) is 4.15. The minimum atomic E-state index is -0.118. The summed E-state index contributed by atoms with van der Waals surface area (Å²) in [6.45, 7) is 8.17. The third kappa shape index (κ3) is 4.84. The standard InChI is InChI=1S/C20H23BrO3/c1-13-18(24-12-14-6-5-7-15(21)10-14)9-8-16(19(13)23)17(22)11-20(2,3)4/h5-10,23H,11-12H2,1-4H3. The zero-order chi connectivity index (χ0) is 17.9. The molecule has 0 heterocycles. The van der Waals surface area contributed by atoms with E-state index in [-0.39, 0.29) is 16.9 Å². The van der Waals surface area contributed by atoms with Crippen LogP contribution in [-0.2, 0) is 6.61 Å². The van der Waals surface area contributed by atoms with Gasteiger partial charge in [-0.1, -0.05) is 48.8 Å². The minimum absolute atomic E-state index is 0.0102. The minimum Gasteiger partial charge on any atom is -0.507 e. The van der Waals surface area contributed by atoms with Crippen molar-refractivity contribution in [3.63, 3.8) is 0 Å². The largest absolute Gasteiger partial charge is 0.507 e. The number of hydrogen-bond donors (Lipinski definition) is 1. The second-order valence-corrected chi connectivity index (χ2v) is 8.08. The van der Waals surface area contributed by atoms with Crippen LogP contribution in [0.4, 0.5) is 0 Å². The molecule has 0 aliphatic carbocycles. The summed E-state index contributed by atoms with van der Waals surface area (Å²) < 4.78 is 6.79. The molecular formula is C20H23BrO3. The summed E-state index contributed by atoms with van der Waals surface area (Å²) in [7, 11) is 0. The molecular weight excluding hydrogens is 368 g/mol. The van der Waals surface area contributed by atoms with Crippen LogP contribution in [0.1, 0.15) is 48.7 Å². The van der Waals surface area contributed by atoms with Crippen LogP contribution in [0.3, 0.4) is 0 Å². The van der Waals surface area contributed by atoms with Gasteiger partial charge in [-0.15, -0.1) is 0 Å². The van der Waals surface area contributed by atoms with E-state index >= 15 is 0 Å². The molecule has 1 N–H and O–H groups in total. The topological polar surface area (TPSA) is 46.5 Å². The summed E-state index contributed by atoms with van der Waals surface area (Å²) in [5, 5.41) is 10.4. The smallest absolute Gasteiger partial charge is 0.167 e. The fourth-order valence-electron chi connectivity index (χ4n) is 2.43. The first-order valence-electron chi connectivity index (χ1n) is 7.90. The van der Waals surface area contributed by atoms with E-state index in [1.54, 1.807) is 19.1 Å². The predicted molar refractivity (Wildman–Crippen MR) is 99.7 cm³/mol. The van der Waals surface area contributed by atoms with Gasteiger partial charge in [0, 0.05) is 16.5 Å². The van der Waals surface area contributed by atoms with E-state index in [2.05, 4.69) is 15.9 Å². The number of ether oxygens (including phenoxy) is 1. The molecule has 0 amide bonds. The van der Waals surface area contributed by atoms with Gasteiger partial charge in [0.25, 0.3) is 0 Å². The molecule has 128 valence electrons. The first-order chi connectivity index (χ1) is 11.2. The Balaban J connectivity index is 2.16. The number of aromatic hydroxyl groups is 1. The number of halogens is 1. The van der Waals surface area contributed by atoms with Gasteiger partial charge in [-0.25, -0.2) is 0 Å². The number of carbonyl (C=O) groups excluding carboxylic acids is 1. The highest BCUT2D eigenvalue weighted by molar-refractivity contribution is 9.10. The lowest BCUT2D eigenvalue weighted by atomic mass is 9.87. The molecule has 0 saturated heterocycles. The number of ketones is 1. The van der Waals surface area contributed by atoms with Crippen LogP contribution in [0.15, 0.2) is 40.9 Å². The number of Topliss-reactive ketones (excluding diaryl/α,β-unsaturated/α-hetero) is 1. The second-order valence-electron chi connectivity index (χ2n) is 7.16. The first kappa shape index (κ1) is 18.5. The maximum Gasteiger partial charge on any atom is 0.167 e. The average Bonchev–Trinajstić information content (AvgIpc) is 2.47. The molecule has 3 nitrogen and oxygen atoms in total. The number of carbonyl (C=O) groups is 1. The van der Waals surface area contributed by atoms with Crippen LogP contribution in [0.2, 0.25) is 0 Å². The molecule has 2 aromatic rings. The normalized spacial score (nSPS) is 11.4. The summed E-state index contributed by atoms with van der Waals surface area (Å²) in [6, 6.07) is 11.3. The molecule has 2 aromatic carbocycles. The summed E-state index contributed by atoms with van der Waals surface area (Å²) in [5.41, 5.74) is 1.85. The van der Waals surface area contributed by atoms with Crippen LogP contribution in [0.5, 0.6) is 11.5 Å². The van der Waals surface area contributed by atoms with E-state index in [0.29, 0.717) is 29.9 Å². The van der Waals surface area contributed by atoms with Crippen LogP contribution < -0.4 is 4.74 Å². The fraction of sp³-hybridized carbons (Fsp3) is 0.350. The van der Waals surface area contributed by atoms with Crippen molar-refractivity contribution in [1.29, 1.82) is 0 Å². The van der Waals surface area contributed by atoms with Crippen molar-refractivity contribution in [3.05, 3.63) is 57.6 Å². The van der Waals surface area contributed by atoms with Crippen molar-refractivity contribution in [1.82, 2.24) is 0 Å². The molecule has 0 unspecified atom stereocenters. The predicted octanol–water partition coefficient (Wildman–Crippen LogP) is 5.66. The van der Waals surface area contributed by atoms with Crippen LogP contribution >= 0.6 is 15.9 Å². The summed E-state index contributed by atoms with van der Waals surface area (Å²) in [5.74, 6) is 0.539. The highest BCUT2D eigenvalue weighted by Crippen LogP contribution is 2.33. The molecule has 0 aliphatic rings. The SMILES string of the molecule is Cc1c(OCc2cccc(Br)c2)ccc(C(=O)CC(C)(C)C)c1O. The van der Waals surface area contributed by atoms with Crippen molar-refractivity contribution in [2.45, 2.75) is 40.7 Å². The van der Waals surface area contributed by atoms with Crippen molar-refractivity contribution in [3.8, 4) is 11.5 Å². The number of benzene rings is 2. The Morgan fingerprint density at radius 3 is 2.54 bits per heavy atom. The molecule has 0 atom stereocenters. The molecule has 0 aromatic heterocycles. The number of phenolic OH excluding ortho intramolecular Hbond substituents is 1. The lowest BCUT2D eigenvalue weighted by molar-refractivity contribution is 0.0937. The van der Waals surface area contributed by atoms with Crippen molar-refractivity contribution in [2.24, 2.45) is 5.41 Å². The van der Waals surface area contributed by atoms with E-state index in [1.807, 2.05) is 45.0 Å². The van der Waals surface area contributed by atoms with Gasteiger partial charge in [-0.05, 0) is 42.2 Å². The lowest BCUT2D eigenvalue weighted by Gasteiger charge is -2.18. The average molecular weight is 391 g/mol. The Bertz CT molecular complexity index is 745. The van der Waals surface area contributed by atoms with E-state index in [1.165, 1.54) is 0 Å². The zero-order valence-corrected chi connectivity index (χ0v) is 16.1.